The first kappa shape index (κ1) is 17.5. The van der Waals surface area contributed by atoms with Crippen LogP contribution >= 0.6 is 0 Å². The molecule has 0 unspecified atom stereocenters. The van der Waals surface area contributed by atoms with Gasteiger partial charge in [0.25, 0.3) is 0 Å². The van der Waals surface area contributed by atoms with Crippen molar-refractivity contribution < 1.29 is 18.7 Å². The summed E-state index contributed by atoms with van der Waals surface area (Å²) in [6, 6.07) is 16.9. The number of rotatable bonds is 4. The third-order valence-corrected chi connectivity index (χ3v) is 4.24. The fourth-order valence-corrected chi connectivity index (χ4v) is 2.78. The molecule has 0 fully saturated rings. The summed E-state index contributed by atoms with van der Waals surface area (Å²) in [4.78, 5) is 28.5. The first-order valence-electron chi connectivity index (χ1n) is 8.48. The number of aromatic nitrogens is 1. The lowest BCUT2D eigenvalue weighted by molar-refractivity contribution is 0.0735. The molecule has 0 spiro atoms. The predicted molar refractivity (Wildman–Crippen MR) is 104 cm³/mol. The van der Waals surface area contributed by atoms with E-state index in [9.17, 15) is 9.59 Å². The number of pyridine rings is 1. The highest BCUT2D eigenvalue weighted by atomic mass is 16.5. The zero-order valence-corrected chi connectivity index (χ0v) is 14.9. The van der Waals surface area contributed by atoms with E-state index in [1.807, 2.05) is 0 Å². The molecule has 6 nitrogen and oxygen atoms in total. The number of carbonyl (C=O) groups is 1. The van der Waals surface area contributed by atoms with Gasteiger partial charge in [-0.3, -0.25) is 4.98 Å². The molecule has 138 valence electrons. The summed E-state index contributed by atoms with van der Waals surface area (Å²) < 4.78 is 15.9. The van der Waals surface area contributed by atoms with Crippen LogP contribution in [-0.2, 0) is 0 Å². The SMILES string of the molecule is COc1ccc(-c2cc3ccc(OC(=O)c4ccncc4)cc3oc2=O)cc1. The molecular weight excluding hydrogens is 358 g/mol. The van der Waals surface area contributed by atoms with Gasteiger partial charge < -0.3 is 13.9 Å². The molecule has 0 N–H and O–H groups in total. The summed E-state index contributed by atoms with van der Waals surface area (Å²) in [5.74, 6) is 0.475. The Morgan fingerprint density at radius 3 is 2.36 bits per heavy atom. The fraction of sp³-hybridized carbons (Fsp3) is 0.0455. The molecule has 0 radical (unpaired) electrons. The van der Waals surface area contributed by atoms with Crippen molar-refractivity contribution in [3.05, 3.63) is 89.0 Å². The number of ether oxygens (including phenoxy) is 2. The van der Waals surface area contributed by atoms with Crippen LogP contribution in [0.25, 0.3) is 22.1 Å². The second-order valence-electron chi connectivity index (χ2n) is 6.00. The monoisotopic (exact) mass is 373 g/mol. The van der Waals surface area contributed by atoms with Crippen LogP contribution in [0.4, 0.5) is 0 Å². The highest BCUT2D eigenvalue weighted by Gasteiger charge is 2.12. The minimum absolute atomic E-state index is 0.287. The number of methoxy groups -OCH3 is 1. The Morgan fingerprint density at radius 2 is 1.64 bits per heavy atom. The number of hydrogen-bond acceptors (Lipinski definition) is 6. The van der Waals surface area contributed by atoms with E-state index in [1.54, 1.807) is 61.7 Å². The third kappa shape index (κ3) is 3.48. The average molecular weight is 373 g/mol. The van der Waals surface area contributed by atoms with Crippen molar-refractivity contribution in [3.63, 3.8) is 0 Å². The molecule has 28 heavy (non-hydrogen) atoms. The first-order valence-corrected chi connectivity index (χ1v) is 8.48. The molecule has 0 saturated heterocycles. The molecule has 0 amide bonds. The molecule has 6 heteroatoms. The summed E-state index contributed by atoms with van der Waals surface area (Å²) in [5.41, 5.74) is 1.41. The second-order valence-corrected chi connectivity index (χ2v) is 6.00. The van der Waals surface area contributed by atoms with Gasteiger partial charge in [0.15, 0.2) is 0 Å². The lowest BCUT2D eigenvalue weighted by Gasteiger charge is -2.07. The van der Waals surface area contributed by atoms with E-state index in [4.69, 9.17) is 13.9 Å². The molecule has 0 atom stereocenters. The van der Waals surface area contributed by atoms with Crippen LogP contribution in [-0.4, -0.2) is 18.1 Å². The van der Waals surface area contributed by atoms with E-state index in [2.05, 4.69) is 4.98 Å². The van der Waals surface area contributed by atoms with Crippen molar-refractivity contribution in [2.45, 2.75) is 0 Å². The molecule has 2 heterocycles. The smallest absolute Gasteiger partial charge is 0.344 e. The van der Waals surface area contributed by atoms with E-state index >= 15 is 0 Å². The van der Waals surface area contributed by atoms with Crippen LogP contribution in [0.3, 0.4) is 0 Å². The van der Waals surface area contributed by atoms with Crippen molar-refractivity contribution in [2.75, 3.05) is 7.11 Å². The topological polar surface area (TPSA) is 78.6 Å². The van der Waals surface area contributed by atoms with E-state index in [0.717, 1.165) is 5.56 Å². The number of nitrogens with zero attached hydrogens (tertiary/aromatic N) is 1. The third-order valence-electron chi connectivity index (χ3n) is 4.24. The zero-order chi connectivity index (χ0) is 19.5. The Morgan fingerprint density at radius 1 is 0.929 bits per heavy atom. The minimum Gasteiger partial charge on any atom is -0.497 e. The number of hydrogen-bond donors (Lipinski definition) is 0. The Kier molecular flexibility index (Phi) is 4.60. The van der Waals surface area contributed by atoms with Crippen molar-refractivity contribution in [3.8, 4) is 22.6 Å². The highest BCUT2D eigenvalue weighted by Crippen LogP contribution is 2.26. The molecule has 0 aliphatic carbocycles. The van der Waals surface area contributed by atoms with E-state index in [-0.39, 0.29) is 5.75 Å². The van der Waals surface area contributed by atoms with Gasteiger partial charge in [-0.25, -0.2) is 9.59 Å². The van der Waals surface area contributed by atoms with E-state index < -0.39 is 11.6 Å². The lowest BCUT2D eigenvalue weighted by atomic mass is 10.1. The summed E-state index contributed by atoms with van der Waals surface area (Å²) >= 11 is 0. The summed E-state index contributed by atoms with van der Waals surface area (Å²) in [5, 5.41) is 0.717. The molecule has 0 aliphatic heterocycles. The van der Waals surface area contributed by atoms with Crippen LogP contribution < -0.4 is 15.1 Å². The highest BCUT2D eigenvalue weighted by molar-refractivity contribution is 5.91. The standard InChI is InChI=1S/C22H15NO5/c1-26-17-5-2-14(3-6-17)19-12-16-4-7-18(13-20(16)28-22(19)25)27-21(24)15-8-10-23-11-9-15/h2-13H,1H3. The van der Waals surface area contributed by atoms with E-state index in [0.29, 0.717) is 27.8 Å². The van der Waals surface area contributed by atoms with Crippen LogP contribution in [0.15, 0.2) is 82.3 Å². The molecular formula is C22H15NO5. The summed E-state index contributed by atoms with van der Waals surface area (Å²) in [6.45, 7) is 0. The quantitative estimate of drug-likeness (QED) is 0.305. The van der Waals surface area contributed by atoms with Gasteiger partial charge in [-0.1, -0.05) is 12.1 Å². The van der Waals surface area contributed by atoms with Gasteiger partial charge >= 0.3 is 11.6 Å². The Balaban J connectivity index is 1.65. The van der Waals surface area contributed by atoms with Gasteiger partial charge in [-0.2, -0.15) is 0 Å². The average Bonchev–Trinajstić information content (AvgIpc) is 2.74. The van der Waals surface area contributed by atoms with Crippen LogP contribution in [0.1, 0.15) is 10.4 Å². The zero-order valence-electron chi connectivity index (χ0n) is 14.9. The number of esters is 1. The lowest BCUT2D eigenvalue weighted by Crippen LogP contribution is -2.08. The van der Waals surface area contributed by atoms with Gasteiger partial charge in [0.05, 0.1) is 18.2 Å². The van der Waals surface area contributed by atoms with Crippen LogP contribution in [0, 0.1) is 0 Å². The molecule has 0 bridgehead atoms. The molecule has 4 rings (SSSR count). The van der Waals surface area contributed by atoms with Gasteiger partial charge in [0.1, 0.15) is 17.1 Å². The van der Waals surface area contributed by atoms with Crippen molar-refractivity contribution >= 4 is 16.9 Å². The predicted octanol–water partition coefficient (Wildman–Crippen LogP) is 4.08. The normalized spacial score (nSPS) is 10.6. The van der Waals surface area contributed by atoms with Gasteiger partial charge in [0, 0.05) is 23.8 Å². The fourth-order valence-electron chi connectivity index (χ4n) is 2.78. The minimum atomic E-state index is -0.515. The first-order chi connectivity index (χ1) is 13.6. The molecule has 0 saturated carbocycles. The number of fused-ring (bicyclic) bond motifs is 1. The maximum atomic E-state index is 12.4. The second kappa shape index (κ2) is 7.36. The Bertz CT molecular complexity index is 1200. The van der Waals surface area contributed by atoms with Gasteiger partial charge in [-0.15, -0.1) is 0 Å². The maximum absolute atomic E-state index is 12.4. The van der Waals surface area contributed by atoms with Gasteiger partial charge in [-0.05, 0) is 48.0 Å². The van der Waals surface area contributed by atoms with E-state index in [1.165, 1.54) is 18.5 Å². The number of benzene rings is 2. The number of carbonyl (C=O) groups excluding carboxylic acids is 1. The van der Waals surface area contributed by atoms with Crippen molar-refractivity contribution in [1.82, 2.24) is 4.98 Å². The molecule has 2 aromatic carbocycles. The maximum Gasteiger partial charge on any atom is 0.344 e. The van der Waals surface area contributed by atoms with Crippen molar-refractivity contribution in [2.24, 2.45) is 0 Å². The van der Waals surface area contributed by atoms with Crippen LogP contribution in [0.5, 0.6) is 11.5 Å². The molecule has 4 aromatic rings. The van der Waals surface area contributed by atoms with Gasteiger partial charge in [0.2, 0.25) is 0 Å². The summed E-state index contributed by atoms with van der Waals surface area (Å²) in [7, 11) is 1.58. The Labute approximate surface area is 160 Å². The Hall–Kier alpha value is -3.93. The molecule has 2 aromatic heterocycles. The summed E-state index contributed by atoms with van der Waals surface area (Å²) in [6.07, 6.45) is 3.02. The van der Waals surface area contributed by atoms with Crippen molar-refractivity contribution in [1.29, 1.82) is 0 Å². The largest absolute Gasteiger partial charge is 0.497 e. The van der Waals surface area contributed by atoms with Crippen LogP contribution in [0.2, 0.25) is 0 Å². The molecule has 0 aliphatic rings.